The topological polar surface area (TPSA) is 72.6 Å². The highest BCUT2D eigenvalue weighted by Gasteiger charge is 2.58. The number of rotatable bonds is 3. The lowest BCUT2D eigenvalue weighted by molar-refractivity contribution is -0.141. The zero-order valence-corrected chi connectivity index (χ0v) is 9.09. The maximum Gasteiger partial charge on any atom is 0.233 e. The van der Waals surface area contributed by atoms with Crippen LogP contribution in [0.3, 0.4) is 0 Å². The van der Waals surface area contributed by atoms with Crippen LogP contribution >= 0.6 is 0 Å². The molecular formula is C11H16N2O3. The highest BCUT2D eigenvalue weighted by molar-refractivity contribution is 6.08. The van der Waals surface area contributed by atoms with Crippen molar-refractivity contribution < 1.29 is 14.3 Å². The Morgan fingerprint density at radius 1 is 1.38 bits per heavy atom. The molecule has 2 N–H and O–H groups in total. The van der Waals surface area contributed by atoms with Gasteiger partial charge in [-0.25, -0.2) is 0 Å². The van der Waals surface area contributed by atoms with E-state index in [9.17, 15) is 9.59 Å². The molecule has 0 aromatic rings. The van der Waals surface area contributed by atoms with Crippen molar-refractivity contribution in [2.45, 2.75) is 18.9 Å². The molecule has 2 aliphatic heterocycles. The average molecular weight is 224 g/mol. The number of carbonyl (C=O) groups excluding carboxylic acids is 2. The van der Waals surface area contributed by atoms with Crippen LogP contribution in [0.4, 0.5) is 0 Å². The normalized spacial score (nSPS) is 39.1. The van der Waals surface area contributed by atoms with Crippen molar-refractivity contribution in [1.29, 1.82) is 0 Å². The average Bonchev–Trinajstić information content (AvgIpc) is 2.81. The van der Waals surface area contributed by atoms with Gasteiger partial charge in [0, 0.05) is 25.1 Å². The number of nitrogens with two attached hydrogens (primary N) is 1. The number of piperidine rings is 1. The minimum absolute atomic E-state index is 0.00985. The van der Waals surface area contributed by atoms with Crippen molar-refractivity contribution in [1.82, 2.24) is 4.90 Å². The van der Waals surface area contributed by atoms with Crippen molar-refractivity contribution >= 4 is 11.8 Å². The van der Waals surface area contributed by atoms with E-state index in [1.165, 1.54) is 4.90 Å². The van der Waals surface area contributed by atoms with Gasteiger partial charge in [0.05, 0.1) is 18.4 Å². The second kappa shape index (κ2) is 3.53. The van der Waals surface area contributed by atoms with E-state index in [1.54, 1.807) is 0 Å². The van der Waals surface area contributed by atoms with Gasteiger partial charge in [0.2, 0.25) is 11.8 Å². The quantitative estimate of drug-likeness (QED) is 0.647. The molecule has 4 atom stereocenters. The van der Waals surface area contributed by atoms with Crippen molar-refractivity contribution in [2.75, 3.05) is 19.8 Å². The molecule has 2 saturated heterocycles. The second-order valence-corrected chi connectivity index (χ2v) is 5.02. The molecule has 1 aliphatic carbocycles. The van der Waals surface area contributed by atoms with Crippen molar-refractivity contribution in [3.8, 4) is 0 Å². The summed E-state index contributed by atoms with van der Waals surface area (Å²) < 4.78 is 5.26. The third kappa shape index (κ3) is 1.46. The number of fused-ring (bicyclic) bond motifs is 1. The monoisotopic (exact) mass is 224 g/mol. The predicted molar refractivity (Wildman–Crippen MR) is 55.2 cm³/mol. The summed E-state index contributed by atoms with van der Waals surface area (Å²) in [5, 5.41) is 0. The molecule has 0 aromatic carbocycles. The number of likely N-dealkylation sites (tertiary alicyclic amines) is 1. The summed E-state index contributed by atoms with van der Waals surface area (Å²) in [6, 6.07) is -0.132. The molecule has 4 unspecified atom stereocenters. The van der Waals surface area contributed by atoms with E-state index < -0.39 is 0 Å². The van der Waals surface area contributed by atoms with E-state index in [4.69, 9.17) is 10.5 Å². The molecule has 5 nitrogen and oxygen atoms in total. The third-order valence-electron chi connectivity index (χ3n) is 3.92. The molecule has 0 aromatic heterocycles. The molecular weight excluding hydrogens is 208 g/mol. The summed E-state index contributed by atoms with van der Waals surface area (Å²) >= 11 is 0. The Balaban J connectivity index is 1.62. The number of hydrogen-bond donors (Lipinski definition) is 1. The van der Waals surface area contributed by atoms with Gasteiger partial charge in [-0.15, -0.1) is 0 Å². The summed E-state index contributed by atoms with van der Waals surface area (Å²) in [5.41, 5.74) is 6.02. The fourth-order valence-corrected chi connectivity index (χ4v) is 2.68. The van der Waals surface area contributed by atoms with E-state index in [2.05, 4.69) is 0 Å². The van der Waals surface area contributed by atoms with Crippen LogP contribution in [0, 0.1) is 17.8 Å². The van der Waals surface area contributed by atoms with Gasteiger partial charge in [-0.3, -0.25) is 14.5 Å². The van der Waals surface area contributed by atoms with Crippen LogP contribution in [0.25, 0.3) is 0 Å². The van der Waals surface area contributed by atoms with Gasteiger partial charge < -0.3 is 10.5 Å². The largest absolute Gasteiger partial charge is 0.381 e. The molecule has 5 heteroatoms. The zero-order chi connectivity index (χ0) is 11.3. The van der Waals surface area contributed by atoms with Crippen molar-refractivity contribution in [2.24, 2.45) is 23.5 Å². The van der Waals surface area contributed by atoms with Crippen LogP contribution in [-0.4, -0.2) is 42.5 Å². The van der Waals surface area contributed by atoms with Crippen LogP contribution in [0.2, 0.25) is 0 Å². The van der Waals surface area contributed by atoms with Gasteiger partial charge in [-0.2, -0.15) is 0 Å². The van der Waals surface area contributed by atoms with Crippen LogP contribution in [0.1, 0.15) is 12.8 Å². The van der Waals surface area contributed by atoms with E-state index in [0.717, 1.165) is 19.4 Å². The fraction of sp³-hybridized carbons (Fsp3) is 0.818. The van der Waals surface area contributed by atoms with Crippen LogP contribution in [0.15, 0.2) is 0 Å². The Bertz CT molecular complexity index is 318. The minimum atomic E-state index is -0.132. The number of amides is 2. The molecule has 3 rings (SSSR count). The van der Waals surface area contributed by atoms with E-state index in [1.807, 2.05) is 0 Å². The Morgan fingerprint density at radius 3 is 2.62 bits per heavy atom. The Kier molecular flexibility index (Phi) is 2.26. The van der Waals surface area contributed by atoms with Crippen molar-refractivity contribution in [3.05, 3.63) is 0 Å². The van der Waals surface area contributed by atoms with Crippen LogP contribution < -0.4 is 5.73 Å². The van der Waals surface area contributed by atoms with Gasteiger partial charge in [0.25, 0.3) is 0 Å². The first-order valence-electron chi connectivity index (χ1n) is 5.87. The van der Waals surface area contributed by atoms with Gasteiger partial charge in [-0.1, -0.05) is 0 Å². The number of nitrogens with zero attached hydrogens (tertiary/aromatic N) is 1. The minimum Gasteiger partial charge on any atom is -0.381 e. The fourth-order valence-electron chi connectivity index (χ4n) is 2.68. The number of ether oxygens (including phenoxy) is 1. The summed E-state index contributed by atoms with van der Waals surface area (Å²) in [5.74, 6) is 0.241. The van der Waals surface area contributed by atoms with E-state index in [0.29, 0.717) is 13.2 Å². The standard InChI is InChI=1S/C11H16N2O3/c12-9(6-1-2-16-5-6)4-13-10(14)7-3-8(7)11(13)15/h6-9H,1-5,12H2. The smallest absolute Gasteiger partial charge is 0.233 e. The van der Waals surface area contributed by atoms with Crippen LogP contribution in [0.5, 0.6) is 0 Å². The zero-order valence-electron chi connectivity index (χ0n) is 9.09. The van der Waals surface area contributed by atoms with Gasteiger partial charge in [-0.05, 0) is 12.8 Å². The summed E-state index contributed by atoms with van der Waals surface area (Å²) in [6.45, 7) is 1.77. The SMILES string of the molecule is NC(CN1C(=O)C2CC2C1=O)C1CCOC1. The Hall–Kier alpha value is -0.940. The first-order valence-corrected chi connectivity index (χ1v) is 5.87. The third-order valence-corrected chi connectivity index (χ3v) is 3.92. The lowest BCUT2D eigenvalue weighted by Gasteiger charge is -2.24. The molecule has 3 aliphatic rings. The van der Waals surface area contributed by atoms with E-state index in [-0.39, 0.29) is 35.6 Å². The molecule has 2 heterocycles. The molecule has 1 saturated carbocycles. The van der Waals surface area contributed by atoms with E-state index >= 15 is 0 Å². The highest BCUT2D eigenvalue weighted by Crippen LogP contribution is 2.47. The first-order chi connectivity index (χ1) is 7.68. The van der Waals surface area contributed by atoms with Gasteiger partial charge in [0.15, 0.2) is 0 Å². The highest BCUT2D eigenvalue weighted by atomic mass is 16.5. The molecule has 88 valence electrons. The van der Waals surface area contributed by atoms with Gasteiger partial charge in [0.1, 0.15) is 0 Å². The molecule has 0 spiro atoms. The van der Waals surface area contributed by atoms with Gasteiger partial charge >= 0.3 is 0 Å². The number of carbonyl (C=O) groups is 2. The summed E-state index contributed by atoms with van der Waals surface area (Å²) in [7, 11) is 0. The molecule has 0 bridgehead atoms. The Labute approximate surface area is 93.9 Å². The van der Waals surface area contributed by atoms with Crippen molar-refractivity contribution in [3.63, 3.8) is 0 Å². The van der Waals surface area contributed by atoms with Crippen LogP contribution in [-0.2, 0) is 14.3 Å². The molecule has 16 heavy (non-hydrogen) atoms. The predicted octanol–water partition coefficient (Wildman–Crippen LogP) is -0.645. The lowest BCUT2D eigenvalue weighted by Crippen LogP contribution is -2.46. The molecule has 3 fully saturated rings. The second-order valence-electron chi connectivity index (χ2n) is 5.02. The molecule has 0 radical (unpaired) electrons. The number of imide groups is 1. The lowest BCUT2D eigenvalue weighted by atomic mass is 9.99. The molecule has 2 amide bonds. The number of hydrogen-bond acceptors (Lipinski definition) is 4. The summed E-state index contributed by atoms with van der Waals surface area (Å²) in [4.78, 5) is 24.8. The Morgan fingerprint density at radius 2 is 2.06 bits per heavy atom. The first kappa shape index (κ1) is 10.2. The summed E-state index contributed by atoms with van der Waals surface area (Å²) in [6.07, 6.45) is 1.69. The maximum absolute atomic E-state index is 11.7. The maximum atomic E-state index is 11.7.